The fourth-order valence-electron chi connectivity index (χ4n) is 1.02. The molecule has 0 aromatic carbocycles. The summed E-state index contributed by atoms with van der Waals surface area (Å²) in [6.07, 6.45) is 3.15. The fraction of sp³-hybridized carbons (Fsp3) is 0.500. The van der Waals surface area contributed by atoms with Crippen molar-refractivity contribution in [1.29, 1.82) is 0 Å². The summed E-state index contributed by atoms with van der Waals surface area (Å²) in [6, 6.07) is -1.26. The number of aromatic nitrogens is 3. The van der Waals surface area contributed by atoms with Crippen LogP contribution in [0.5, 0.6) is 0 Å². The molecular weight excluding hydrogens is 216 g/mol. The highest BCUT2D eigenvalue weighted by Gasteiger charge is 2.18. The number of aryl methyl sites for hydroxylation is 1. The molecule has 0 bridgehead atoms. The lowest BCUT2D eigenvalue weighted by Gasteiger charge is -2.11. The Morgan fingerprint density at radius 1 is 1.50 bits per heavy atom. The Morgan fingerprint density at radius 2 is 2.25 bits per heavy atom. The number of aliphatic carboxylic acids is 1. The number of carboxylic acid groups (broad SMARTS) is 1. The molecule has 1 aromatic rings. The van der Waals surface area contributed by atoms with E-state index in [1.807, 2.05) is 0 Å². The third-order valence-electron chi connectivity index (χ3n) is 1.86. The number of rotatable bonds is 6. The van der Waals surface area contributed by atoms with Crippen molar-refractivity contribution in [3.8, 4) is 0 Å². The van der Waals surface area contributed by atoms with Gasteiger partial charge in [-0.3, -0.25) is 9.48 Å². The monoisotopic (exact) mass is 228 g/mol. The van der Waals surface area contributed by atoms with Crippen LogP contribution in [-0.2, 0) is 16.1 Å². The Morgan fingerprint density at radius 3 is 2.75 bits per heavy atom. The number of nitrogens with zero attached hydrogens (tertiary/aromatic N) is 3. The van der Waals surface area contributed by atoms with Gasteiger partial charge in [0.2, 0.25) is 5.91 Å². The molecule has 0 radical (unpaired) electrons. The summed E-state index contributed by atoms with van der Waals surface area (Å²) in [5, 5.41) is 26.6. The second kappa shape index (κ2) is 5.81. The highest BCUT2D eigenvalue weighted by Crippen LogP contribution is 1.90. The van der Waals surface area contributed by atoms with Crippen LogP contribution in [0.2, 0.25) is 0 Å². The zero-order chi connectivity index (χ0) is 12.0. The van der Waals surface area contributed by atoms with Gasteiger partial charge in [0.15, 0.2) is 0 Å². The average molecular weight is 228 g/mol. The van der Waals surface area contributed by atoms with Crippen LogP contribution in [0.25, 0.3) is 0 Å². The molecule has 0 saturated carbocycles. The average Bonchev–Trinajstić information content (AvgIpc) is 2.75. The largest absolute Gasteiger partial charge is 0.480 e. The van der Waals surface area contributed by atoms with Crippen molar-refractivity contribution in [1.82, 2.24) is 20.3 Å². The van der Waals surface area contributed by atoms with Gasteiger partial charge in [0.25, 0.3) is 0 Å². The van der Waals surface area contributed by atoms with Crippen molar-refractivity contribution in [2.75, 3.05) is 6.61 Å². The summed E-state index contributed by atoms with van der Waals surface area (Å²) in [5.74, 6) is -1.73. The number of hydrogen-bond acceptors (Lipinski definition) is 5. The van der Waals surface area contributed by atoms with E-state index in [1.165, 1.54) is 10.9 Å². The number of carbonyl (C=O) groups is 2. The SMILES string of the molecule is O=C(CCn1ccnn1)NC(CO)C(=O)O. The lowest BCUT2D eigenvalue weighted by atomic mass is 10.3. The summed E-state index contributed by atoms with van der Waals surface area (Å²) in [4.78, 5) is 21.8. The molecule has 0 aliphatic heterocycles. The van der Waals surface area contributed by atoms with Crippen LogP contribution >= 0.6 is 0 Å². The Balaban J connectivity index is 2.33. The Labute approximate surface area is 90.9 Å². The maximum atomic E-state index is 11.3. The third kappa shape index (κ3) is 3.65. The van der Waals surface area contributed by atoms with E-state index >= 15 is 0 Å². The van der Waals surface area contributed by atoms with Gasteiger partial charge in [0, 0.05) is 12.6 Å². The second-order valence-corrected chi connectivity index (χ2v) is 3.06. The number of carboxylic acids is 1. The molecule has 0 aliphatic carbocycles. The van der Waals surface area contributed by atoms with Crippen LogP contribution in [0.1, 0.15) is 6.42 Å². The fourth-order valence-corrected chi connectivity index (χ4v) is 1.02. The van der Waals surface area contributed by atoms with Gasteiger partial charge >= 0.3 is 5.97 Å². The van der Waals surface area contributed by atoms with Gasteiger partial charge in [-0.05, 0) is 0 Å². The van der Waals surface area contributed by atoms with Crippen LogP contribution in [0.15, 0.2) is 12.4 Å². The minimum atomic E-state index is -1.27. The smallest absolute Gasteiger partial charge is 0.328 e. The van der Waals surface area contributed by atoms with Gasteiger partial charge in [-0.25, -0.2) is 4.79 Å². The number of aliphatic hydroxyl groups excluding tert-OH is 1. The van der Waals surface area contributed by atoms with Crippen molar-refractivity contribution in [2.45, 2.75) is 19.0 Å². The Kier molecular flexibility index (Phi) is 4.40. The number of hydrogen-bond donors (Lipinski definition) is 3. The van der Waals surface area contributed by atoms with Gasteiger partial charge in [-0.2, -0.15) is 0 Å². The van der Waals surface area contributed by atoms with E-state index < -0.39 is 24.5 Å². The van der Waals surface area contributed by atoms with Gasteiger partial charge in [-0.1, -0.05) is 5.21 Å². The highest BCUT2D eigenvalue weighted by molar-refractivity contribution is 5.83. The first kappa shape index (κ1) is 12.1. The number of aliphatic hydroxyl groups is 1. The predicted octanol–water partition coefficient (Wildman–Crippen LogP) is -1.77. The van der Waals surface area contributed by atoms with Crippen molar-refractivity contribution in [3.63, 3.8) is 0 Å². The van der Waals surface area contributed by atoms with Gasteiger partial charge in [0.1, 0.15) is 6.04 Å². The molecule has 0 spiro atoms. The minimum Gasteiger partial charge on any atom is -0.480 e. The molecule has 88 valence electrons. The quantitative estimate of drug-likeness (QED) is 0.530. The lowest BCUT2D eigenvalue weighted by molar-refractivity contribution is -0.143. The summed E-state index contributed by atoms with van der Waals surface area (Å²) >= 11 is 0. The molecule has 0 saturated heterocycles. The maximum absolute atomic E-state index is 11.3. The molecule has 1 heterocycles. The first-order valence-corrected chi connectivity index (χ1v) is 4.60. The summed E-state index contributed by atoms with van der Waals surface area (Å²) in [5.41, 5.74) is 0. The van der Waals surface area contributed by atoms with E-state index in [2.05, 4.69) is 15.6 Å². The summed E-state index contributed by atoms with van der Waals surface area (Å²) < 4.78 is 1.45. The number of amides is 1. The summed E-state index contributed by atoms with van der Waals surface area (Å²) in [6.45, 7) is -0.325. The van der Waals surface area contributed by atoms with Gasteiger partial charge < -0.3 is 15.5 Å². The van der Waals surface area contributed by atoms with Crippen molar-refractivity contribution >= 4 is 11.9 Å². The van der Waals surface area contributed by atoms with Crippen LogP contribution in [-0.4, -0.2) is 49.7 Å². The first-order chi connectivity index (χ1) is 7.63. The normalized spacial score (nSPS) is 12.1. The molecule has 3 N–H and O–H groups in total. The van der Waals surface area contributed by atoms with Crippen molar-refractivity contribution < 1.29 is 19.8 Å². The molecule has 1 amide bonds. The molecule has 8 nitrogen and oxygen atoms in total. The molecule has 1 aromatic heterocycles. The maximum Gasteiger partial charge on any atom is 0.328 e. The molecule has 1 atom stereocenters. The lowest BCUT2D eigenvalue weighted by Crippen LogP contribution is -2.43. The zero-order valence-corrected chi connectivity index (χ0v) is 8.41. The van der Waals surface area contributed by atoms with Crippen LogP contribution < -0.4 is 5.32 Å². The molecule has 8 heteroatoms. The van der Waals surface area contributed by atoms with Crippen molar-refractivity contribution in [3.05, 3.63) is 12.4 Å². The molecule has 1 rings (SSSR count). The highest BCUT2D eigenvalue weighted by atomic mass is 16.4. The van der Waals surface area contributed by atoms with Gasteiger partial charge in [-0.15, -0.1) is 5.10 Å². The minimum absolute atomic E-state index is 0.0765. The van der Waals surface area contributed by atoms with E-state index in [1.54, 1.807) is 6.20 Å². The van der Waals surface area contributed by atoms with E-state index in [9.17, 15) is 9.59 Å². The standard InChI is InChI=1S/C8H12N4O4/c13-5-6(8(15)16)10-7(14)1-3-12-4-2-9-11-12/h2,4,6,13H,1,3,5H2,(H,10,14)(H,15,16). The van der Waals surface area contributed by atoms with E-state index in [0.29, 0.717) is 6.54 Å². The number of carbonyl (C=O) groups excluding carboxylic acids is 1. The molecule has 0 fully saturated rings. The second-order valence-electron chi connectivity index (χ2n) is 3.06. The van der Waals surface area contributed by atoms with Crippen LogP contribution in [0.4, 0.5) is 0 Å². The summed E-state index contributed by atoms with van der Waals surface area (Å²) in [7, 11) is 0. The van der Waals surface area contributed by atoms with E-state index in [4.69, 9.17) is 10.2 Å². The van der Waals surface area contributed by atoms with Crippen LogP contribution in [0, 0.1) is 0 Å². The molecular formula is C8H12N4O4. The molecule has 0 aliphatic rings. The Bertz CT molecular complexity index is 351. The Hall–Kier alpha value is -1.96. The first-order valence-electron chi connectivity index (χ1n) is 4.60. The van der Waals surface area contributed by atoms with E-state index in [-0.39, 0.29) is 6.42 Å². The molecule has 1 unspecified atom stereocenters. The zero-order valence-electron chi connectivity index (χ0n) is 8.41. The topological polar surface area (TPSA) is 117 Å². The third-order valence-corrected chi connectivity index (χ3v) is 1.86. The van der Waals surface area contributed by atoms with E-state index in [0.717, 1.165) is 0 Å². The predicted molar refractivity (Wildman–Crippen MR) is 51.3 cm³/mol. The van der Waals surface area contributed by atoms with Crippen LogP contribution in [0.3, 0.4) is 0 Å². The van der Waals surface area contributed by atoms with Crippen molar-refractivity contribution in [2.24, 2.45) is 0 Å². The van der Waals surface area contributed by atoms with Gasteiger partial charge in [0.05, 0.1) is 19.3 Å². The molecule has 16 heavy (non-hydrogen) atoms. The number of nitrogens with one attached hydrogen (secondary N) is 1.